The van der Waals surface area contributed by atoms with Gasteiger partial charge in [-0.2, -0.15) is 5.10 Å². The number of amides is 1. The molecule has 0 bridgehead atoms. The Kier molecular flexibility index (Phi) is 5.34. The van der Waals surface area contributed by atoms with Crippen molar-refractivity contribution in [2.24, 2.45) is 11.8 Å². The molecule has 1 fully saturated rings. The number of carbonyl (C=O) groups is 1. The second-order valence-corrected chi connectivity index (χ2v) is 7.91. The quantitative estimate of drug-likeness (QED) is 0.711. The van der Waals surface area contributed by atoms with Gasteiger partial charge in [-0.05, 0) is 43.5 Å². The molecule has 1 aliphatic heterocycles. The molecule has 0 unspecified atom stereocenters. The van der Waals surface area contributed by atoms with Gasteiger partial charge in [0.1, 0.15) is 0 Å². The van der Waals surface area contributed by atoms with E-state index in [-0.39, 0.29) is 11.8 Å². The number of H-pyrrole nitrogens is 1. The van der Waals surface area contributed by atoms with Crippen LogP contribution in [0.15, 0.2) is 36.8 Å². The normalized spacial score (nSPS) is 16.0. The van der Waals surface area contributed by atoms with Crippen LogP contribution >= 0.6 is 0 Å². The van der Waals surface area contributed by atoms with Gasteiger partial charge in [0.15, 0.2) is 0 Å². The molecule has 3 aromatic rings. The summed E-state index contributed by atoms with van der Waals surface area (Å²) >= 11 is 0. The van der Waals surface area contributed by atoms with Crippen molar-refractivity contribution < 1.29 is 4.79 Å². The van der Waals surface area contributed by atoms with Gasteiger partial charge in [-0.1, -0.05) is 26.0 Å². The average Bonchev–Trinajstić information content (AvgIpc) is 3.22. The highest BCUT2D eigenvalue weighted by molar-refractivity contribution is 5.92. The van der Waals surface area contributed by atoms with Crippen LogP contribution in [-0.2, 0) is 4.79 Å². The Hall–Kier alpha value is -2.80. The molecule has 3 heterocycles. The molecular formula is C21H26N6O. The largest absolute Gasteiger partial charge is 0.303 e. The van der Waals surface area contributed by atoms with Crippen LogP contribution in [0.2, 0.25) is 0 Å². The molecule has 0 aliphatic carbocycles. The summed E-state index contributed by atoms with van der Waals surface area (Å²) in [7, 11) is 0. The zero-order chi connectivity index (χ0) is 19.5. The predicted octanol–water partition coefficient (Wildman–Crippen LogP) is 3.33. The molecule has 0 spiro atoms. The minimum Gasteiger partial charge on any atom is -0.303 e. The number of hydrogen-bond donors (Lipinski definition) is 2. The van der Waals surface area contributed by atoms with Crippen molar-refractivity contribution in [1.82, 2.24) is 25.1 Å². The van der Waals surface area contributed by atoms with E-state index < -0.39 is 0 Å². The Balaban J connectivity index is 1.43. The van der Waals surface area contributed by atoms with Gasteiger partial charge < -0.3 is 4.90 Å². The summed E-state index contributed by atoms with van der Waals surface area (Å²) in [6.45, 7) is 7.51. The topological polar surface area (TPSA) is 86.8 Å². The Morgan fingerprint density at radius 2 is 2.07 bits per heavy atom. The van der Waals surface area contributed by atoms with Crippen LogP contribution < -0.4 is 5.32 Å². The first-order valence-corrected chi connectivity index (χ1v) is 9.87. The van der Waals surface area contributed by atoms with Crippen molar-refractivity contribution >= 4 is 22.8 Å². The molecule has 0 saturated carbocycles. The van der Waals surface area contributed by atoms with Crippen molar-refractivity contribution in [3.8, 4) is 11.1 Å². The fraction of sp³-hybridized carbons (Fsp3) is 0.429. The standard InChI is InChI=1S/C21H26N6O/c1-14(2)13-27-7-5-15(6-8-27)20(28)26-21-22-10-17-4-3-16(9-19(17)25-21)18-11-23-24-12-18/h3-4,9-12,14-15H,5-8,13H2,1-2H3,(H,23,24)(H,22,25,26,28). The number of carbonyl (C=O) groups excluding carboxylic acids is 1. The average molecular weight is 378 g/mol. The molecule has 2 N–H and O–H groups in total. The molecule has 28 heavy (non-hydrogen) atoms. The van der Waals surface area contributed by atoms with Gasteiger partial charge in [0, 0.05) is 35.8 Å². The SMILES string of the molecule is CC(C)CN1CCC(C(=O)Nc2ncc3ccc(-c4cn[nH]c4)cc3n2)CC1. The summed E-state index contributed by atoms with van der Waals surface area (Å²) in [5.41, 5.74) is 2.82. The highest BCUT2D eigenvalue weighted by Gasteiger charge is 2.25. The third kappa shape index (κ3) is 4.20. The van der Waals surface area contributed by atoms with E-state index in [9.17, 15) is 4.79 Å². The number of likely N-dealkylation sites (tertiary alicyclic amines) is 1. The van der Waals surface area contributed by atoms with E-state index in [1.54, 1.807) is 12.4 Å². The lowest BCUT2D eigenvalue weighted by Gasteiger charge is -2.32. The van der Waals surface area contributed by atoms with Crippen molar-refractivity contribution in [1.29, 1.82) is 0 Å². The predicted molar refractivity (Wildman–Crippen MR) is 110 cm³/mol. The molecule has 146 valence electrons. The van der Waals surface area contributed by atoms with Gasteiger partial charge in [-0.25, -0.2) is 9.97 Å². The number of benzene rings is 1. The van der Waals surface area contributed by atoms with Crippen LogP contribution in [0.25, 0.3) is 22.0 Å². The van der Waals surface area contributed by atoms with Crippen LogP contribution in [0.4, 0.5) is 5.95 Å². The summed E-state index contributed by atoms with van der Waals surface area (Å²) in [6, 6.07) is 5.98. The second kappa shape index (κ2) is 8.06. The number of nitrogens with one attached hydrogen (secondary N) is 2. The lowest BCUT2D eigenvalue weighted by molar-refractivity contribution is -0.121. The first kappa shape index (κ1) is 18.6. The number of hydrogen-bond acceptors (Lipinski definition) is 5. The van der Waals surface area contributed by atoms with Gasteiger partial charge in [0.05, 0.1) is 11.7 Å². The molecule has 4 rings (SSSR count). The molecule has 1 aromatic carbocycles. The number of fused-ring (bicyclic) bond motifs is 1. The van der Waals surface area contributed by atoms with E-state index >= 15 is 0 Å². The highest BCUT2D eigenvalue weighted by atomic mass is 16.2. The minimum atomic E-state index is 0.0227. The molecule has 2 aromatic heterocycles. The van der Waals surface area contributed by atoms with Crippen molar-refractivity contribution in [2.45, 2.75) is 26.7 Å². The molecule has 1 saturated heterocycles. The molecule has 7 nitrogen and oxygen atoms in total. The minimum absolute atomic E-state index is 0.0227. The fourth-order valence-corrected chi connectivity index (χ4v) is 3.78. The van der Waals surface area contributed by atoms with E-state index in [4.69, 9.17) is 0 Å². The second-order valence-electron chi connectivity index (χ2n) is 7.91. The summed E-state index contributed by atoms with van der Waals surface area (Å²) < 4.78 is 0. The zero-order valence-electron chi connectivity index (χ0n) is 16.4. The summed E-state index contributed by atoms with van der Waals surface area (Å²) in [5, 5.41) is 10.7. The third-order valence-electron chi connectivity index (χ3n) is 5.23. The Morgan fingerprint density at radius 3 is 2.79 bits per heavy atom. The van der Waals surface area contributed by atoms with Gasteiger partial charge >= 0.3 is 0 Å². The van der Waals surface area contributed by atoms with Gasteiger partial charge in [-0.15, -0.1) is 0 Å². The Bertz CT molecular complexity index is 945. The highest BCUT2D eigenvalue weighted by Crippen LogP contribution is 2.24. The number of rotatable bonds is 5. The molecule has 1 aliphatic rings. The molecule has 0 atom stereocenters. The number of aromatic nitrogens is 4. The Morgan fingerprint density at radius 1 is 1.25 bits per heavy atom. The summed E-state index contributed by atoms with van der Waals surface area (Å²) in [4.78, 5) is 24.0. The van der Waals surface area contributed by atoms with Crippen LogP contribution in [0, 0.1) is 11.8 Å². The first-order valence-electron chi connectivity index (χ1n) is 9.87. The Labute approximate surface area is 164 Å². The first-order chi connectivity index (χ1) is 13.6. The van der Waals surface area contributed by atoms with Crippen LogP contribution in [0.1, 0.15) is 26.7 Å². The molecule has 7 heteroatoms. The molecular weight excluding hydrogens is 352 g/mol. The van der Waals surface area contributed by atoms with Gasteiger partial charge in [0.25, 0.3) is 0 Å². The number of nitrogens with zero attached hydrogens (tertiary/aromatic N) is 4. The monoisotopic (exact) mass is 378 g/mol. The van der Waals surface area contributed by atoms with Crippen molar-refractivity contribution in [3.05, 3.63) is 36.8 Å². The zero-order valence-corrected chi connectivity index (χ0v) is 16.4. The third-order valence-corrected chi connectivity index (χ3v) is 5.23. The molecule has 1 amide bonds. The van der Waals surface area contributed by atoms with E-state index in [1.807, 2.05) is 24.4 Å². The van der Waals surface area contributed by atoms with Crippen LogP contribution in [-0.4, -0.2) is 50.6 Å². The van der Waals surface area contributed by atoms with E-state index in [0.29, 0.717) is 11.9 Å². The van der Waals surface area contributed by atoms with Crippen LogP contribution in [0.5, 0.6) is 0 Å². The lowest BCUT2D eigenvalue weighted by Crippen LogP contribution is -2.39. The van der Waals surface area contributed by atoms with E-state index in [0.717, 1.165) is 54.5 Å². The van der Waals surface area contributed by atoms with Crippen molar-refractivity contribution in [3.63, 3.8) is 0 Å². The smallest absolute Gasteiger partial charge is 0.229 e. The maximum absolute atomic E-state index is 12.7. The van der Waals surface area contributed by atoms with E-state index in [2.05, 4.69) is 44.2 Å². The fourth-order valence-electron chi connectivity index (χ4n) is 3.78. The van der Waals surface area contributed by atoms with Gasteiger partial charge in [-0.3, -0.25) is 15.2 Å². The summed E-state index contributed by atoms with van der Waals surface area (Å²) in [5.74, 6) is 1.07. The number of anilines is 1. The van der Waals surface area contributed by atoms with Gasteiger partial charge in [0.2, 0.25) is 11.9 Å². The molecule has 0 radical (unpaired) electrons. The van der Waals surface area contributed by atoms with E-state index in [1.165, 1.54) is 0 Å². The van der Waals surface area contributed by atoms with Crippen LogP contribution in [0.3, 0.4) is 0 Å². The maximum Gasteiger partial charge on any atom is 0.229 e. The lowest BCUT2D eigenvalue weighted by atomic mass is 9.95. The maximum atomic E-state index is 12.7. The number of aromatic amines is 1. The summed E-state index contributed by atoms with van der Waals surface area (Å²) in [6.07, 6.45) is 7.14. The number of piperidine rings is 1. The van der Waals surface area contributed by atoms with Crippen molar-refractivity contribution in [2.75, 3.05) is 25.0 Å².